The molecule has 0 bridgehead atoms. The summed E-state index contributed by atoms with van der Waals surface area (Å²) in [4.78, 5) is 13.9. The summed E-state index contributed by atoms with van der Waals surface area (Å²) >= 11 is 0. The highest BCUT2D eigenvalue weighted by molar-refractivity contribution is 6.00. The van der Waals surface area contributed by atoms with E-state index in [1.54, 1.807) is 6.33 Å². The summed E-state index contributed by atoms with van der Waals surface area (Å²) in [6.07, 6.45) is 7.53. The fraction of sp³-hybridized carbons (Fsp3) is 0.259. The maximum Gasteiger partial charge on any atom is 0.164 e. The first-order valence-corrected chi connectivity index (χ1v) is 11.6. The molecule has 2 aromatic carbocycles. The van der Waals surface area contributed by atoms with E-state index in [9.17, 15) is 0 Å². The Bertz CT molecular complexity index is 1470. The lowest BCUT2D eigenvalue weighted by Crippen LogP contribution is -2.14. The first-order valence-electron chi connectivity index (χ1n) is 11.6. The number of hydrogen-bond acceptors (Lipinski definition) is 5. The van der Waals surface area contributed by atoms with Crippen molar-refractivity contribution in [1.82, 2.24) is 24.7 Å². The number of anilines is 1. The maximum absolute atomic E-state index is 6.35. The van der Waals surface area contributed by atoms with Gasteiger partial charge in [-0.1, -0.05) is 61.7 Å². The molecule has 33 heavy (non-hydrogen) atoms. The number of rotatable bonds is 3. The third kappa shape index (κ3) is 3.42. The van der Waals surface area contributed by atoms with Crippen LogP contribution < -0.4 is 5.73 Å². The standard InChI is InChI=1S/C27H26N6/c1-17-14-22(18-8-4-2-5-9-18)31-23-15-19(12-13-21(17)23)25-24-26(28)29-16-30-27(24)33(32-25)20-10-6-3-7-11-20/h2,4-5,8-9,12-16,20H,3,6-7,10-11H2,1H3,(H2,28,29,30). The van der Waals surface area contributed by atoms with Crippen LogP contribution in [0, 0.1) is 6.92 Å². The van der Waals surface area contributed by atoms with E-state index in [-0.39, 0.29) is 0 Å². The molecular weight excluding hydrogens is 408 g/mol. The van der Waals surface area contributed by atoms with Gasteiger partial charge in [0.1, 0.15) is 17.8 Å². The summed E-state index contributed by atoms with van der Waals surface area (Å²) < 4.78 is 2.09. The molecule has 1 aliphatic carbocycles. The lowest BCUT2D eigenvalue weighted by Gasteiger charge is -2.22. The molecule has 0 radical (unpaired) electrons. The van der Waals surface area contributed by atoms with Crippen LogP contribution in [0.5, 0.6) is 0 Å². The van der Waals surface area contributed by atoms with Crippen LogP contribution in [-0.2, 0) is 0 Å². The molecule has 0 amide bonds. The summed E-state index contributed by atoms with van der Waals surface area (Å²) in [7, 11) is 0. The van der Waals surface area contributed by atoms with Gasteiger partial charge in [0.15, 0.2) is 5.65 Å². The van der Waals surface area contributed by atoms with E-state index >= 15 is 0 Å². The SMILES string of the molecule is Cc1cc(-c2ccccc2)nc2cc(-c3nn(C4CCCCC4)c4ncnc(N)c34)ccc12. The molecule has 1 aliphatic rings. The zero-order valence-electron chi connectivity index (χ0n) is 18.7. The quantitative estimate of drug-likeness (QED) is 0.371. The van der Waals surface area contributed by atoms with Crippen molar-refractivity contribution in [1.29, 1.82) is 0 Å². The highest BCUT2D eigenvalue weighted by Crippen LogP contribution is 2.37. The van der Waals surface area contributed by atoms with E-state index in [1.807, 2.05) is 18.2 Å². The molecule has 6 nitrogen and oxygen atoms in total. The van der Waals surface area contributed by atoms with Crippen molar-refractivity contribution in [2.24, 2.45) is 0 Å². The van der Waals surface area contributed by atoms with Gasteiger partial charge < -0.3 is 5.73 Å². The van der Waals surface area contributed by atoms with Gasteiger partial charge in [0.05, 0.1) is 22.6 Å². The predicted molar refractivity (Wildman–Crippen MR) is 133 cm³/mol. The highest BCUT2D eigenvalue weighted by Gasteiger charge is 2.24. The van der Waals surface area contributed by atoms with Crippen molar-refractivity contribution in [3.8, 4) is 22.5 Å². The van der Waals surface area contributed by atoms with Gasteiger partial charge in [0.2, 0.25) is 0 Å². The minimum atomic E-state index is 0.356. The maximum atomic E-state index is 6.35. The number of hydrogen-bond donors (Lipinski definition) is 1. The molecule has 0 atom stereocenters. The zero-order valence-corrected chi connectivity index (χ0v) is 18.7. The van der Waals surface area contributed by atoms with Crippen molar-refractivity contribution in [3.05, 3.63) is 66.5 Å². The first kappa shape index (κ1) is 19.9. The largest absolute Gasteiger partial charge is 0.383 e. The first-order chi connectivity index (χ1) is 16.2. The molecule has 6 rings (SSSR count). The molecule has 0 saturated heterocycles. The Labute approximate surface area is 192 Å². The van der Waals surface area contributed by atoms with Gasteiger partial charge >= 0.3 is 0 Å². The molecule has 1 fully saturated rings. The number of nitrogens with zero attached hydrogens (tertiary/aromatic N) is 5. The van der Waals surface area contributed by atoms with Gasteiger partial charge in [-0.2, -0.15) is 5.10 Å². The summed E-state index contributed by atoms with van der Waals surface area (Å²) in [5.41, 5.74) is 13.2. The van der Waals surface area contributed by atoms with Crippen LogP contribution in [0.4, 0.5) is 5.82 Å². The minimum Gasteiger partial charge on any atom is -0.383 e. The molecule has 1 saturated carbocycles. The van der Waals surface area contributed by atoms with Crippen LogP contribution in [0.1, 0.15) is 43.7 Å². The Kier molecular flexibility index (Phi) is 4.79. The lowest BCUT2D eigenvalue weighted by atomic mass is 9.96. The van der Waals surface area contributed by atoms with Crippen LogP contribution in [-0.4, -0.2) is 24.7 Å². The Morgan fingerprint density at radius 1 is 0.909 bits per heavy atom. The fourth-order valence-electron chi connectivity index (χ4n) is 5.08. The van der Waals surface area contributed by atoms with Crippen molar-refractivity contribution in [2.75, 3.05) is 5.73 Å². The third-order valence-corrected chi connectivity index (χ3v) is 6.80. The Morgan fingerprint density at radius 2 is 1.73 bits per heavy atom. The normalized spacial score (nSPS) is 14.8. The molecule has 6 heteroatoms. The van der Waals surface area contributed by atoms with E-state index in [0.29, 0.717) is 11.9 Å². The zero-order chi connectivity index (χ0) is 22.4. The monoisotopic (exact) mass is 434 g/mol. The second-order valence-corrected chi connectivity index (χ2v) is 8.96. The second kappa shape index (κ2) is 7.96. The average molecular weight is 435 g/mol. The molecule has 164 valence electrons. The van der Waals surface area contributed by atoms with Gasteiger partial charge in [-0.3, -0.25) is 0 Å². The topological polar surface area (TPSA) is 82.5 Å². The number of benzene rings is 2. The summed E-state index contributed by atoms with van der Waals surface area (Å²) in [6, 6.07) is 19.2. The average Bonchev–Trinajstić information content (AvgIpc) is 3.26. The Hall–Kier alpha value is -3.80. The van der Waals surface area contributed by atoms with Gasteiger partial charge in [-0.15, -0.1) is 0 Å². The van der Waals surface area contributed by atoms with Crippen LogP contribution in [0.15, 0.2) is 60.9 Å². The van der Waals surface area contributed by atoms with Crippen molar-refractivity contribution < 1.29 is 0 Å². The number of fused-ring (bicyclic) bond motifs is 2. The highest BCUT2D eigenvalue weighted by atomic mass is 15.3. The number of pyridine rings is 1. The fourth-order valence-corrected chi connectivity index (χ4v) is 5.08. The molecule has 3 aromatic heterocycles. The number of aryl methyl sites for hydroxylation is 1. The molecule has 3 heterocycles. The molecule has 0 unspecified atom stereocenters. The second-order valence-electron chi connectivity index (χ2n) is 8.96. The van der Waals surface area contributed by atoms with Gasteiger partial charge in [0, 0.05) is 16.5 Å². The summed E-state index contributed by atoms with van der Waals surface area (Å²) in [5.74, 6) is 0.472. The Balaban J connectivity index is 1.53. The van der Waals surface area contributed by atoms with E-state index < -0.39 is 0 Å². The molecular formula is C27H26N6. The van der Waals surface area contributed by atoms with E-state index in [0.717, 1.165) is 57.3 Å². The van der Waals surface area contributed by atoms with Crippen molar-refractivity contribution in [2.45, 2.75) is 45.1 Å². The minimum absolute atomic E-state index is 0.356. The summed E-state index contributed by atoms with van der Waals surface area (Å²) in [6.45, 7) is 2.13. The number of nitrogen functional groups attached to an aromatic ring is 1. The van der Waals surface area contributed by atoms with E-state index in [1.165, 1.54) is 24.8 Å². The van der Waals surface area contributed by atoms with Crippen molar-refractivity contribution >= 4 is 27.8 Å². The van der Waals surface area contributed by atoms with Gasteiger partial charge in [0.25, 0.3) is 0 Å². The lowest BCUT2D eigenvalue weighted by molar-refractivity contribution is 0.336. The van der Waals surface area contributed by atoms with Gasteiger partial charge in [-0.25, -0.2) is 19.6 Å². The molecule has 5 aromatic rings. The smallest absolute Gasteiger partial charge is 0.164 e. The van der Waals surface area contributed by atoms with Gasteiger partial charge in [-0.05, 0) is 37.5 Å². The molecule has 0 spiro atoms. The van der Waals surface area contributed by atoms with Crippen LogP contribution in [0.25, 0.3) is 44.5 Å². The molecule has 0 aliphatic heterocycles. The van der Waals surface area contributed by atoms with E-state index in [4.69, 9.17) is 15.8 Å². The predicted octanol–water partition coefficient (Wildman–Crippen LogP) is 6.10. The van der Waals surface area contributed by atoms with Crippen LogP contribution in [0.2, 0.25) is 0 Å². The van der Waals surface area contributed by atoms with E-state index in [2.05, 4.69) is 58.0 Å². The number of aromatic nitrogens is 5. The summed E-state index contributed by atoms with van der Waals surface area (Å²) in [5, 5.41) is 7.03. The Morgan fingerprint density at radius 3 is 2.55 bits per heavy atom. The number of nitrogens with two attached hydrogens (primary N) is 1. The van der Waals surface area contributed by atoms with Crippen LogP contribution in [0.3, 0.4) is 0 Å². The van der Waals surface area contributed by atoms with Crippen LogP contribution >= 0.6 is 0 Å². The van der Waals surface area contributed by atoms with Crippen molar-refractivity contribution in [3.63, 3.8) is 0 Å². The third-order valence-electron chi connectivity index (χ3n) is 6.80. The molecule has 2 N–H and O–H groups in total.